The molecular formula is C24H27FN4O4. The highest BCUT2D eigenvalue weighted by molar-refractivity contribution is 5.93. The van der Waals surface area contributed by atoms with Gasteiger partial charge in [-0.1, -0.05) is 11.8 Å². The van der Waals surface area contributed by atoms with Gasteiger partial charge >= 0.3 is 0 Å². The van der Waals surface area contributed by atoms with Crippen molar-refractivity contribution < 1.29 is 24.2 Å². The molecule has 3 aliphatic rings. The second-order valence-electron chi connectivity index (χ2n) is 9.33. The summed E-state index contributed by atoms with van der Waals surface area (Å²) < 4.78 is 16.8. The molecule has 1 saturated carbocycles. The van der Waals surface area contributed by atoms with E-state index in [9.17, 15) is 24.2 Å². The number of aliphatic hydroxyl groups excluding tert-OH is 1. The van der Waals surface area contributed by atoms with Gasteiger partial charge in [0.05, 0.1) is 11.3 Å². The van der Waals surface area contributed by atoms with E-state index < -0.39 is 23.4 Å². The number of benzene rings is 1. The molecule has 1 fully saturated rings. The molecular weight excluding hydrogens is 427 g/mol. The van der Waals surface area contributed by atoms with Crippen LogP contribution in [0.5, 0.6) is 0 Å². The maximum Gasteiger partial charge on any atom is 0.269 e. The zero-order valence-corrected chi connectivity index (χ0v) is 18.8. The maximum atomic E-state index is 14.9. The number of amides is 2. The summed E-state index contributed by atoms with van der Waals surface area (Å²) in [5.74, 6) is 4.68. The lowest BCUT2D eigenvalue weighted by Crippen LogP contribution is -2.31. The van der Waals surface area contributed by atoms with Crippen LogP contribution in [0.4, 0.5) is 4.39 Å². The minimum Gasteiger partial charge on any atom is -0.384 e. The summed E-state index contributed by atoms with van der Waals surface area (Å²) >= 11 is 0. The van der Waals surface area contributed by atoms with E-state index in [2.05, 4.69) is 16.8 Å². The van der Waals surface area contributed by atoms with Crippen molar-refractivity contribution in [3.8, 4) is 23.2 Å². The standard InChI is InChI=1S/C24H27FN4O4/c1-24(2,33)21-20(22(26)32)27-23-18-10-13(4-5-16(31)6-7-28(3)12-30)19(25)11-17(18)14-8-15(9-14)29(21)23/h10-12,14-16,31,33H,6-9H2,1-3H3,(H2,26,32). The first-order valence-corrected chi connectivity index (χ1v) is 10.8. The summed E-state index contributed by atoms with van der Waals surface area (Å²) in [6.07, 6.45) is 1.35. The second kappa shape index (κ2) is 8.28. The van der Waals surface area contributed by atoms with Gasteiger partial charge < -0.3 is 25.4 Å². The molecule has 174 valence electrons. The molecule has 0 spiro atoms. The smallest absolute Gasteiger partial charge is 0.269 e. The van der Waals surface area contributed by atoms with Crippen molar-refractivity contribution in [3.63, 3.8) is 0 Å². The molecule has 0 saturated heterocycles. The Labute approximate surface area is 191 Å². The zero-order valence-electron chi connectivity index (χ0n) is 18.8. The number of halogens is 1. The summed E-state index contributed by atoms with van der Waals surface area (Å²) in [5, 5.41) is 20.9. The Morgan fingerprint density at radius 3 is 2.76 bits per heavy atom. The predicted molar refractivity (Wildman–Crippen MR) is 119 cm³/mol. The Kier molecular flexibility index (Phi) is 5.76. The van der Waals surface area contributed by atoms with Crippen LogP contribution in [-0.4, -0.2) is 56.7 Å². The number of aliphatic hydroxyl groups is 2. The first kappa shape index (κ1) is 23.0. The first-order valence-electron chi connectivity index (χ1n) is 10.8. The van der Waals surface area contributed by atoms with Crippen molar-refractivity contribution in [2.24, 2.45) is 5.73 Å². The summed E-state index contributed by atoms with van der Waals surface area (Å²) in [5.41, 5.74) is 6.09. The van der Waals surface area contributed by atoms with Gasteiger partial charge in [0.15, 0.2) is 5.69 Å². The molecule has 1 aromatic carbocycles. The summed E-state index contributed by atoms with van der Waals surface area (Å²) in [7, 11) is 1.59. The predicted octanol–water partition coefficient (Wildman–Crippen LogP) is 1.64. The van der Waals surface area contributed by atoms with E-state index in [1.54, 1.807) is 27.0 Å². The Balaban J connectivity index is 1.80. The lowest BCUT2D eigenvalue weighted by molar-refractivity contribution is -0.117. The molecule has 2 amide bonds. The largest absolute Gasteiger partial charge is 0.384 e. The summed E-state index contributed by atoms with van der Waals surface area (Å²) in [6.45, 7) is 3.48. The third kappa shape index (κ3) is 4.12. The number of hydrogen-bond donors (Lipinski definition) is 3. The van der Waals surface area contributed by atoms with E-state index in [0.717, 1.165) is 18.4 Å². The van der Waals surface area contributed by atoms with Crippen LogP contribution in [-0.2, 0) is 10.4 Å². The quantitative estimate of drug-likeness (QED) is 0.453. The molecule has 5 rings (SSSR count). The van der Waals surface area contributed by atoms with Crippen molar-refractivity contribution in [2.45, 2.75) is 56.8 Å². The Morgan fingerprint density at radius 1 is 1.45 bits per heavy atom. The normalized spacial score (nSPS) is 19.2. The van der Waals surface area contributed by atoms with Gasteiger partial charge in [-0.05, 0) is 50.3 Å². The zero-order chi connectivity index (χ0) is 24.1. The molecule has 1 aromatic heterocycles. The number of nitrogens with zero attached hydrogens (tertiary/aromatic N) is 3. The van der Waals surface area contributed by atoms with Gasteiger partial charge in [-0.15, -0.1) is 0 Å². The number of nitrogens with two attached hydrogens (primary N) is 1. The third-order valence-electron chi connectivity index (χ3n) is 6.33. The van der Waals surface area contributed by atoms with Crippen LogP contribution in [0.3, 0.4) is 0 Å². The van der Waals surface area contributed by atoms with Crippen LogP contribution < -0.4 is 5.73 Å². The van der Waals surface area contributed by atoms with Crippen LogP contribution in [0.1, 0.15) is 72.4 Å². The van der Waals surface area contributed by atoms with Crippen molar-refractivity contribution >= 4 is 12.3 Å². The van der Waals surface area contributed by atoms with Gasteiger partial charge in [-0.25, -0.2) is 9.37 Å². The van der Waals surface area contributed by atoms with Crippen LogP contribution >= 0.6 is 0 Å². The molecule has 2 aliphatic heterocycles. The second-order valence-corrected chi connectivity index (χ2v) is 9.33. The number of imidazole rings is 1. The van der Waals surface area contributed by atoms with Crippen molar-refractivity contribution in [1.82, 2.24) is 14.5 Å². The fraction of sp³-hybridized carbons (Fsp3) is 0.458. The highest BCUT2D eigenvalue weighted by Crippen LogP contribution is 2.54. The fourth-order valence-corrected chi connectivity index (χ4v) is 4.61. The van der Waals surface area contributed by atoms with Gasteiger partial charge in [0, 0.05) is 31.6 Å². The molecule has 1 aliphatic carbocycles. The van der Waals surface area contributed by atoms with E-state index in [-0.39, 0.29) is 29.6 Å². The number of rotatable bonds is 6. The van der Waals surface area contributed by atoms with Gasteiger partial charge in [0.2, 0.25) is 6.41 Å². The van der Waals surface area contributed by atoms with E-state index in [0.29, 0.717) is 30.0 Å². The molecule has 2 aromatic rings. The van der Waals surface area contributed by atoms with Crippen molar-refractivity contribution in [3.05, 3.63) is 40.5 Å². The molecule has 1 atom stereocenters. The number of carbonyl (C=O) groups excluding carboxylic acids is 2. The average Bonchev–Trinajstić information content (AvgIpc) is 3.01. The van der Waals surface area contributed by atoms with Crippen molar-refractivity contribution in [1.29, 1.82) is 0 Å². The number of carbonyl (C=O) groups is 2. The molecule has 0 radical (unpaired) electrons. The minimum atomic E-state index is -1.35. The van der Waals surface area contributed by atoms with E-state index in [4.69, 9.17) is 5.73 Å². The highest BCUT2D eigenvalue weighted by atomic mass is 19.1. The fourth-order valence-electron chi connectivity index (χ4n) is 4.61. The molecule has 8 nitrogen and oxygen atoms in total. The lowest BCUT2D eigenvalue weighted by atomic mass is 9.75. The maximum absolute atomic E-state index is 14.9. The topological polar surface area (TPSA) is 122 Å². The van der Waals surface area contributed by atoms with Crippen molar-refractivity contribution in [2.75, 3.05) is 13.6 Å². The molecule has 33 heavy (non-hydrogen) atoms. The van der Waals surface area contributed by atoms with Crippen LogP contribution in [0.2, 0.25) is 0 Å². The lowest BCUT2D eigenvalue weighted by Gasteiger charge is -2.37. The average molecular weight is 455 g/mol. The van der Waals surface area contributed by atoms with Crippen LogP contribution in [0.15, 0.2) is 12.1 Å². The summed E-state index contributed by atoms with van der Waals surface area (Å²) in [4.78, 5) is 28.7. The van der Waals surface area contributed by atoms with Gasteiger partial charge in [0.25, 0.3) is 5.91 Å². The monoisotopic (exact) mass is 454 g/mol. The Bertz CT molecular complexity index is 1180. The minimum absolute atomic E-state index is 0.000444. The number of aromatic nitrogens is 2. The van der Waals surface area contributed by atoms with Gasteiger partial charge in [0.1, 0.15) is 23.3 Å². The molecule has 3 heterocycles. The molecule has 1 unspecified atom stereocenters. The van der Waals surface area contributed by atoms with E-state index in [1.807, 2.05) is 4.57 Å². The SMILES string of the molecule is CN(C=O)CCC(O)C#Cc1cc2c(cc1F)C1CC(C1)n1c-2nc(C(N)=O)c1C(C)(C)O. The molecule has 4 N–H and O–H groups in total. The van der Waals surface area contributed by atoms with E-state index in [1.165, 1.54) is 11.0 Å². The number of primary amides is 1. The molecule has 9 heteroatoms. The Hall–Kier alpha value is -3.22. The highest BCUT2D eigenvalue weighted by Gasteiger charge is 2.44. The van der Waals surface area contributed by atoms with Crippen LogP contribution in [0, 0.1) is 17.7 Å². The molecule has 2 bridgehead atoms. The first-order chi connectivity index (χ1) is 15.5. The van der Waals surface area contributed by atoms with Gasteiger partial charge in [-0.2, -0.15) is 0 Å². The third-order valence-corrected chi connectivity index (χ3v) is 6.33. The summed E-state index contributed by atoms with van der Waals surface area (Å²) in [6, 6.07) is 3.05. The number of hydrogen-bond acceptors (Lipinski definition) is 5. The Morgan fingerprint density at radius 2 is 2.15 bits per heavy atom. The van der Waals surface area contributed by atoms with Gasteiger partial charge in [-0.3, -0.25) is 9.59 Å². The van der Waals surface area contributed by atoms with E-state index >= 15 is 0 Å². The van der Waals surface area contributed by atoms with Crippen LogP contribution in [0.25, 0.3) is 11.4 Å².